The Morgan fingerprint density at radius 2 is 2.05 bits per heavy atom. The van der Waals surface area contributed by atoms with E-state index in [1.54, 1.807) is 13.0 Å². The Bertz CT molecular complexity index is 627. The Morgan fingerprint density at radius 1 is 1.32 bits per heavy atom. The van der Waals surface area contributed by atoms with Gasteiger partial charge in [0.25, 0.3) is 0 Å². The zero-order valence-electron chi connectivity index (χ0n) is 12.3. The molecule has 1 aliphatic rings. The van der Waals surface area contributed by atoms with Crippen LogP contribution < -0.4 is 0 Å². The Labute approximate surface area is 130 Å². The zero-order chi connectivity index (χ0) is 16.0. The fourth-order valence-electron chi connectivity index (χ4n) is 2.13. The Morgan fingerprint density at radius 3 is 2.73 bits per heavy atom. The highest BCUT2D eigenvalue weighted by Crippen LogP contribution is 2.17. The standard InChI is InChI=1S/C15H19NO5S/c1-2-21-15(17)16-14(9-6-10-22(16,18)19)12-20-11-13-7-4-3-5-8-13/h3-9,14H,2,10-12H2,1H3/t14-/m1/s1. The Balaban J connectivity index is 2.02. The molecule has 1 aromatic carbocycles. The minimum absolute atomic E-state index is 0.0867. The van der Waals surface area contributed by atoms with Gasteiger partial charge in [0, 0.05) is 0 Å². The summed E-state index contributed by atoms with van der Waals surface area (Å²) in [6, 6.07) is 8.85. The normalized spacial score (nSPS) is 19.9. The molecule has 1 amide bonds. The molecule has 7 heteroatoms. The van der Waals surface area contributed by atoms with Gasteiger partial charge in [0.1, 0.15) is 0 Å². The lowest BCUT2D eigenvalue weighted by molar-refractivity contribution is 0.0769. The fraction of sp³-hybridized carbons (Fsp3) is 0.400. The second kappa shape index (κ2) is 7.42. The average molecular weight is 325 g/mol. The van der Waals surface area contributed by atoms with Gasteiger partial charge in [0.2, 0.25) is 10.0 Å². The summed E-state index contributed by atoms with van der Waals surface area (Å²) in [6.45, 7) is 2.18. The molecule has 6 nitrogen and oxygen atoms in total. The maximum absolute atomic E-state index is 12.1. The van der Waals surface area contributed by atoms with Crippen LogP contribution in [0.3, 0.4) is 0 Å². The first-order chi connectivity index (χ1) is 10.5. The predicted octanol–water partition coefficient (Wildman–Crippen LogP) is 1.93. The third-order valence-corrected chi connectivity index (χ3v) is 4.75. The van der Waals surface area contributed by atoms with E-state index in [-0.39, 0.29) is 19.0 Å². The van der Waals surface area contributed by atoms with E-state index in [1.807, 2.05) is 30.3 Å². The van der Waals surface area contributed by atoms with Gasteiger partial charge < -0.3 is 9.47 Å². The van der Waals surface area contributed by atoms with Crippen molar-refractivity contribution < 1.29 is 22.7 Å². The van der Waals surface area contributed by atoms with Gasteiger partial charge in [-0.2, -0.15) is 4.31 Å². The number of sulfonamides is 1. The first-order valence-electron chi connectivity index (χ1n) is 7.02. The number of carbonyl (C=O) groups is 1. The molecular weight excluding hydrogens is 306 g/mol. The van der Waals surface area contributed by atoms with Crippen LogP contribution in [0.4, 0.5) is 4.79 Å². The molecule has 0 bridgehead atoms. The van der Waals surface area contributed by atoms with Crippen molar-refractivity contribution in [3.8, 4) is 0 Å². The SMILES string of the molecule is CCOC(=O)N1[C@@H](COCc2ccccc2)C=CCS1(=O)=O. The van der Waals surface area contributed by atoms with E-state index >= 15 is 0 Å². The molecule has 0 fully saturated rings. The molecular formula is C15H19NO5S. The summed E-state index contributed by atoms with van der Waals surface area (Å²) < 4.78 is 35.3. The minimum atomic E-state index is -3.70. The molecule has 1 aliphatic heterocycles. The lowest BCUT2D eigenvalue weighted by Crippen LogP contribution is -2.48. The molecule has 0 saturated heterocycles. The maximum atomic E-state index is 12.1. The van der Waals surface area contributed by atoms with Crippen molar-refractivity contribution >= 4 is 16.1 Å². The van der Waals surface area contributed by atoms with Crippen LogP contribution in [0, 0.1) is 0 Å². The van der Waals surface area contributed by atoms with Gasteiger partial charge in [0.05, 0.1) is 31.6 Å². The fourth-order valence-corrected chi connectivity index (χ4v) is 3.47. The van der Waals surface area contributed by atoms with E-state index in [1.165, 1.54) is 6.08 Å². The van der Waals surface area contributed by atoms with E-state index in [0.29, 0.717) is 6.61 Å². The monoisotopic (exact) mass is 325 g/mol. The molecule has 0 spiro atoms. The molecule has 0 aromatic heterocycles. The molecule has 1 heterocycles. The van der Waals surface area contributed by atoms with Crippen LogP contribution in [0.25, 0.3) is 0 Å². The third-order valence-electron chi connectivity index (χ3n) is 3.11. The summed E-state index contributed by atoms with van der Waals surface area (Å²) >= 11 is 0. The molecule has 120 valence electrons. The van der Waals surface area contributed by atoms with Crippen molar-refractivity contribution in [2.45, 2.75) is 19.6 Å². The average Bonchev–Trinajstić information content (AvgIpc) is 2.47. The molecule has 0 unspecified atom stereocenters. The minimum Gasteiger partial charge on any atom is -0.449 e. The molecule has 0 saturated carbocycles. The highest BCUT2D eigenvalue weighted by molar-refractivity contribution is 7.89. The highest BCUT2D eigenvalue weighted by Gasteiger charge is 2.36. The molecule has 0 N–H and O–H groups in total. The van der Waals surface area contributed by atoms with Crippen molar-refractivity contribution in [2.75, 3.05) is 19.0 Å². The lowest BCUT2D eigenvalue weighted by Gasteiger charge is -2.30. The van der Waals surface area contributed by atoms with E-state index < -0.39 is 22.2 Å². The highest BCUT2D eigenvalue weighted by atomic mass is 32.2. The molecule has 22 heavy (non-hydrogen) atoms. The van der Waals surface area contributed by atoms with E-state index in [2.05, 4.69) is 0 Å². The van der Waals surface area contributed by atoms with E-state index in [0.717, 1.165) is 9.87 Å². The topological polar surface area (TPSA) is 72.9 Å². The predicted molar refractivity (Wildman–Crippen MR) is 81.7 cm³/mol. The largest absolute Gasteiger partial charge is 0.449 e. The first-order valence-corrected chi connectivity index (χ1v) is 8.62. The van der Waals surface area contributed by atoms with Gasteiger partial charge >= 0.3 is 6.09 Å². The van der Waals surface area contributed by atoms with Crippen LogP contribution in [0.1, 0.15) is 12.5 Å². The number of hydrogen-bond acceptors (Lipinski definition) is 5. The van der Waals surface area contributed by atoms with Gasteiger partial charge in [0.15, 0.2) is 0 Å². The van der Waals surface area contributed by atoms with Crippen molar-refractivity contribution in [3.05, 3.63) is 48.0 Å². The summed E-state index contributed by atoms with van der Waals surface area (Å²) in [5, 5.41) is 0. The Hall–Kier alpha value is -1.86. The number of rotatable bonds is 5. The maximum Gasteiger partial charge on any atom is 0.424 e. The number of ether oxygens (including phenoxy) is 2. The smallest absolute Gasteiger partial charge is 0.424 e. The van der Waals surface area contributed by atoms with E-state index in [4.69, 9.17) is 9.47 Å². The second-order valence-electron chi connectivity index (χ2n) is 4.77. The summed E-state index contributed by atoms with van der Waals surface area (Å²) in [5.41, 5.74) is 0.979. The first kappa shape index (κ1) is 16.5. The summed E-state index contributed by atoms with van der Waals surface area (Å²) in [5.74, 6) is -0.207. The van der Waals surface area contributed by atoms with Crippen LogP contribution in [-0.4, -0.2) is 43.8 Å². The number of benzene rings is 1. The molecule has 2 rings (SSSR count). The molecule has 0 radical (unpaired) electrons. The van der Waals surface area contributed by atoms with Crippen LogP contribution >= 0.6 is 0 Å². The van der Waals surface area contributed by atoms with Gasteiger partial charge in [-0.1, -0.05) is 42.5 Å². The number of amides is 1. The van der Waals surface area contributed by atoms with E-state index in [9.17, 15) is 13.2 Å². The Kier molecular flexibility index (Phi) is 5.57. The van der Waals surface area contributed by atoms with Gasteiger partial charge in [-0.05, 0) is 12.5 Å². The van der Waals surface area contributed by atoms with Crippen molar-refractivity contribution in [1.29, 1.82) is 0 Å². The van der Waals surface area contributed by atoms with Crippen LogP contribution in [0.15, 0.2) is 42.5 Å². The van der Waals surface area contributed by atoms with Crippen molar-refractivity contribution in [1.82, 2.24) is 4.31 Å². The quantitative estimate of drug-likeness (QED) is 0.774. The number of hydrogen-bond donors (Lipinski definition) is 0. The third kappa shape index (κ3) is 4.08. The van der Waals surface area contributed by atoms with Gasteiger partial charge in [-0.3, -0.25) is 0 Å². The summed E-state index contributed by atoms with van der Waals surface area (Å²) in [4.78, 5) is 11.9. The number of carbonyl (C=O) groups excluding carboxylic acids is 1. The van der Waals surface area contributed by atoms with Gasteiger partial charge in [-0.25, -0.2) is 13.2 Å². The summed E-state index contributed by atoms with van der Waals surface area (Å²) in [6.07, 6.45) is 2.32. The van der Waals surface area contributed by atoms with Crippen molar-refractivity contribution in [2.24, 2.45) is 0 Å². The summed E-state index contributed by atoms with van der Waals surface area (Å²) in [7, 11) is -3.70. The van der Waals surface area contributed by atoms with Gasteiger partial charge in [-0.15, -0.1) is 0 Å². The van der Waals surface area contributed by atoms with Crippen LogP contribution in [0.2, 0.25) is 0 Å². The lowest BCUT2D eigenvalue weighted by atomic mass is 10.2. The van der Waals surface area contributed by atoms with Crippen LogP contribution in [0.5, 0.6) is 0 Å². The number of nitrogens with zero attached hydrogens (tertiary/aromatic N) is 1. The van der Waals surface area contributed by atoms with Crippen molar-refractivity contribution in [3.63, 3.8) is 0 Å². The zero-order valence-corrected chi connectivity index (χ0v) is 13.2. The molecule has 1 aromatic rings. The van der Waals surface area contributed by atoms with Crippen LogP contribution in [-0.2, 0) is 26.1 Å². The molecule has 1 atom stereocenters. The second-order valence-corrected chi connectivity index (χ2v) is 6.66. The molecule has 0 aliphatic carbocycles.